The fraction of sp³-hybridized carbons (Fsp3) is 0.533. The van der Waals surface area contributed by atoms with E-state index in [4.69, 9.17) is 10.5 Å². The molecule has 2 rings (SSSR count). The normalized spacial score (nSPS) is 22.8. The number of carbonyl (C=O) groups excluding carboxylic acids is 1. The maximum Gasteiger partial charge on any atom is 0.224 e. The van der Waals surface area contributed by atoms with Gasteiger partial charge in [-0.05, 0) is 30.5 Å². The van der Waals surface area contributed by atoms with E-state index in [0.717, 1.165) is 37.0 Å². The molecule has 1 aromatic carbocycles. The van der Waals surface area contributed by atoms with Crippen LogP contribution in [0.15, 0.2) is 24.3 Å². The Kier molecular flexibility index (Phi) is 4.80. The van der Waals surface area contributed by atoms with Crippen molar-refractivity contribution in [3.63, 3.8) is 0 Å². The third kappa shape index (κ3) is 3.70. The number of hydrogen-bond donors (Lipinski definition) is 2. The second kappa shape index (κ2) is 6.57. The van der Waals surface area contributed by atoms with Gasteiger partial charge >= 0.3 is 0 Å². The van der Waals surface area contributed by atoms with E-state index < -0.39 is 0 Å². The van der Waals surface area contributed by atoms with Crippen molar-refractivity contribution in [3.8, 4) is 5.75 Å². The van der Waals surface area contributed by atoms with Gasteiger partial charge in [0.25, 0.3) is 0 Å². The number of benzene rings is 1. The monoisotopic (exact) mass is 262 g/mol. The van der Waals surface area contributed by atoms with E-state index in [2.05, 4.69) is 5.32 Å². The van der Waals surface area contributed by atoms with E-state index in [1.54, 1.807) is 7.11 Å². The van der Waals surface area contributed by atoms with Crippen molar-refractivity contribution in [2.45, 2.75) is 38.3 Å². The Morgan fingerprint density at radius 2 is 2.21 bits per heavy atom. The molecule has 1 aromatic rings. The average molecular weight is 262 g/mol. The van der Waals surface area contributed by atoms with Crippen molar-refractivity contribution < 1.29 is 9.53 Å². The first kappa shape index (κ1) is 13.9. The van der Waals surface area contributed by atoms with Crippen LogP contribution >= 0.6 is 0 Å². The fourth-order valence-corrected chi connectivity index (χ4v) is 2.59. The van der Waals surface area contributed by atoms with Gasteiger partial charge < -0.3 is 15.8 Å². The lowest BCUT2D eigenvalue weighted by atomic mass is 9.84. The Morgan fingerprint density at radius 3 is 2.95 bits per heavy atom. The van der Waals surface area contributed by atoms with E-state index in [0.29, 0.717) is 6.54 Å². The molecule has 104 valence electrons. The van der Waals surface area contributed by atoms with Crippen LogP contribution in [0.2, 0.25) is 0 Å². The second-order valence-electron chi connectivity index (χ2n) is 5.12. The highest BCUT2D eigenvalue weighted by atomic mass is 16.5. The number of carbonyl (C=O) groups is 1. The average Bonchev–Trinajstić information content (AvgIpc) is 2.45. The largest absolute Gasteiger partial charge is 0.497 e. The van der Waals surface area contributed by atoms with Crippen molar-refractivity contribution in [1.82, 2.24) is 5.32 Å². The Balaban J connectivity index is 1.88. The Morgan fingerprint density at radius 1 is 1.42 bits per heavy atom. The third-order valence-corrected chi connectivity index (χ3v) is 3.76. The van der Waals surface area contributed by atoms with Crippen molar-refractivity contribution in [1.29, 1.82) is 0 Å². The maximum absolute atomic E-state index is 12.1. The predicted molar refractivity (Wildman–Crippen MR) is 74.8 cm³/mol. The summed E-state index contributed by atoms with van der Waals surface area (Å²) in [7, 11) is 1.64. The molecule has 0 aliphatic heterocycles. The van der Waals surface area contributed by atoms with Crippen LogP contribution in [-0.4, -0.2) is 19.1 Å². The molecule has 3 N–H and O–H groups in total. The maximum atomic E-state index is 12.1. The molecule has 19 heavy (non-hydrogen) atoms. The van der Waals surface area contributed by atoms with Gasteiger partial charge in [-0.25, -0.2) is 0 Å². The summed E-state index contributed by atoms with van der Waals surface area (Å²) < 4.78 is 5.16. The molecule has 4 nitrogen and oxygen atoms in total. The molecule has 0 radical (unpaired) electrons. The van der Waals surface area contributed by atoms with Crippen molar-refractivity contribution >= 4 is 5.91 Å². The molecule has 0 heterocycles. The number of rotatable bonds is 4. The van der Waals surface area contributed by atoms with Crippen molar-refractivity contribution in [2.24, 2.45) is 11.7 Å². The zero-order valence-electron chi connectivity index (χ0n) is 11.4. The van der Waals surface area contributed by atoms with Crippen LogP contribution in [0, 0.1) is 5.92 Å². The van der Waals surface area contributed by atoms with Gasteiger partial charge in [0, 0.05) is 12.6 Å². The van der Waals surface area contributed by atoms with E-state index in [1.165, 1.54) is 0 Å². The summed E-state index contributed by atoms with van der Waals surface area (Å²) >= 11 is 0. The molecule has 1 aliphatic rings. The predicted octanol–water partition coefficient (Wildman–Crippen LogP) is 1.83. The molecule has 0 spiro atoms. The highest BCUT2D eigenvalue weighted by Gasteiger charge is 2.27. The quantitative estimate of drug-likeness (QED) is 0.870. The van der Waals surface area contributed by atoms with E-state index >= 15 is 0 Å². The Labute approximate surface area is 114 Å². The highest BCUT2D eigenvalue weighted by Crippen LogP contribution is 2.23. The molecule has 0 bridgehead atoms. The molecule has 2 unspecified atom stereocenters. The number of amides is 1. The lowest BCUT2D eigenvalue weighted by molar-refractivity contribution is -0.126. The van der Waals surface area contributed by atoms with Crippen molar-refractivity contribution in [2.75, 3.05) is 7.11 Å². The number of hydrogen-bond acceptors (Lipinski definition) is 3. The van der Waals surface area contributed by atoms with Gasteiger partial charge in [0.2, 0.25) is 5.91 Å². The summed E-state index contributed by atoms with van der Waals surface area (Å²) in [6, 6.07) is 7.73. The van der Waals surface area contributed by atoms with Gasteiger partial charge in [0.05, 0.1) is 13.0 Å². The summed E-state index contributed by atoms with van der Waals surface area (Å²) in [6.45, 7) is 0.527. The third-order valence-electron chi connectivity index (χ3n) is 3.76. The summed E-state index contributed by atoms with van der Waals surface area (Å²) in [4.78, 5) is 12.1. The summed E-state index contributed by atoms with van der Waals surface area (Å²) in [6.07, 6.45) is 4.11. The minimum absolute atomic E-state index is 0.0130. The van der Waals surface area contributed by atoms with Gasteiger partial charge in [0.1, 0.15) is 5.75 Å². The lowest BCUT2D eigenvalue weighted by Crippen LogP contribution is -2.43. The Bertz CT molecular complexity index is 434. The van der Waals surface area contributed by atoms with E-state index in [1.807, 2.05) is 24.3 Å². The molecule has 4 heteroatoms. The summed E-state index contributed by atoms with van der Waals surface area (Å²) in [5, 5.41) is 2.98. The molecule has 1 fully saturated rings. The molecule has 1 saturated carbocycles. The molecule has 1 aliphatic carbocycles. The standard InChI is InChI=1S/C15H22N2O2/c1-19-12-6-4-5-11(9-12)10-17-15(18)13-7-2-3-8-14(13)16/h4-6,9,13-14H,2-3,7-8,10,16H2,1H3,(H,17,18). The van der Waals surface area contributed by atoms with Crippen LogP contribution in [0.25, 0.3) is 0 Å². The molecule has 0 saturated heterocycles. The summed E-state index contributed by atoms with van der Waals surface area (Å²) in [5.41, 5.74) is 7.05. The van der Waals surface area contributed by atoms with Crippen LogP contribution in [0.3, 0.4) is 0 Å². The van der Waals surface area contributed by atoms with Crippen LogP contribution in [0.5, 0.6) is 5.75 Å². The molecule has 2 atom stereocenters. The zero-order valence-corrected chi connectivity index (χ0v) is 11.4. The van der Waals surface area contributed by atoms with Gasteiger partial charge in [-0.2, -0.15) is 0 Å². The van der Waals surface area contributed by atoms with Crippen LogP contribution in [-0.2, 0) is 11.3 Å². The molecular formula is C15H22N2O2. The van der Waals surface area contributed by atoms with Gasteiger partial charge in [0.15, 0.2) is 0 Å². The number of ether oxygens (including phenoxy) is 1. The first-order valence-electron chi connectivity index (χ1n) is 6.87. The van der Waals surface area contributed by atoms with Gasteiger partial charge in [-0.15, -0.1) is 0 Å². The molecular weight excluding hydrogens is 240 g/mol. The second-order valence-corrected chi connectivity index (χ2v) is 5.12. The highest BCUT2D eigenvalue weighted by molar-refractivity contribution is 5.79. The van der Waals surface area contributed by atoms with Crippen LogP contribution in [0.1, 0.15) is 31.2 Å². The van der Waals surface area contributed by atoms with Crippen molar-refractivity contribution in [3.05, 3.63) is 29.8 Å². The smallest absolute Gasteiger partial charge is 0.224 e. The Hall–Kier alpha value is -1.55. The fourth-order valence-electron chi connectivity index (χ4n) is 2.59. The molecule has 1 amide bonds. The minimum atomic E-state index is -0.0284. The SMILES string of the molecule is COc1cccc(CNC(=O)C2CCCCC2N)c1. The zero-order chi connectivity index (χ0) is 13.7. The topological polar surface area (TPSA) is 64.3 Å². The number of nitrogens with two attached hydrogens (primary N) is 1. The minimum Gasteiger partial charge on any atom is -0.497 e. The van der Waals surface area contributed by atoms with E-state index in [-0.39, 0.29) is 17.9 Å². The van der Waals surface area contributed by atoms with Crippen LogP contribution in [0.4, 0.5) is 0 Å². The number of methoxy groups -OCH3 is 1. The van der Waals surface area contributed by atoms with Gasteiger partial charge in [-0.1, -0.05) is 25.0 Å². The first-order valence-corrected chi connectivity index (χ1v) is 6.87. The number of nitrogens with one attached hydrogen (secondary N) is 1. The van der Waals surface area contributed by atoms with E-state index in [9.17, 15) is 4.79 Å². The van der Waals surface area contributed by atoms with Crippen LogP contribution < -0.4 is 15.8 Å². The lowest BCUT2D eigenvalue weighted by Gasteiger charge is -2.27. The van der Waals surface area contributed by atoms with Gasteiger partial charge in [-0.3, -0.25) is 4.79 Å². The molecule has 0 aromatic heterocycles. The summed E-state index contributed by atoms with van der Waals surface area (Å²) in [5.74, 6) is 0.857. The first-order chi connectivity index (χ1) is 9.20.